The average molecular weight is 164 g/mol. The van der Waals surface area contributed by atoms with Crippen molar-refractivity contribution in [3.63, 3.8) is 0 Å². The normalized spacial score (nSPS) is 29.8. The van der Waals surface area contributed by atoms with Gasteiger partial charge in [0.2, 0.25) is 0 Å². The molecule has 12 heavy (non-hydrogen) atoms. The number of hydrogen-bond acceptors (Lipinski definition) is 2. The zero-order valence-corrected chi connectivity index (χ0v) is 7.03. The van der Waals surface area contributed by atoms with Gasteiger partial charge in [0.25, 0.3) is 0 Å². The lowest BCUT2D eigenvalue weighted by molar-refractivity contribution is 0.0849. The molecule has 0 aliphatic carbocycles. The first-order chi connectivity index (χ1) is 5.72. The molecular formula is C10H12O2. The Morgan fingerprint density at radius 1 is 1.42 bits per heavy atom. The number of hydrogen-bond donors (Lipinski definition) is 1. The van der Waals surface area contributed by atoms with Gasteiger partial charge in [-0.1, -0.05) is 30.3 Å². The van der Waals surface area contributed by atoms with E-state index in [-0.39, 0.29) is 5.60 Å². The standard InChI is InChI=1S/C10H12O2/c1-10(7-12-10)9(11)8-5-3-2-4-6-8/h2-6,9,11H,7H2,1H3/t9-,10-/m0/s1. The Labute approximate surface area is 71.8 Å². The second kappa shape index (κ2) is 2.57. The summed E-state index contributed by atoms with van der Waals surface area (Å²) in [5.41, 5.74) is 0.596. The Hall–Kier alpha value is -0.860. The maximum Gasteiger partial charge on any atom is 0.119 e. The second-order valence-corrected chi connectivity index (χ2v) is 3.41. The van der Waals surface area contributed by atoms with E-state index in [1.165, 1.54) is 0 Å². The van der Waals surface area contributed by atoms with Crippen LogP contribution in [0, 0.1) is 0 Å². The predicted molar refractivity (Wildman–Crippen MR) is 45.8 cm³/mol. The highest BCUT2D eigenvalue weighted by molar-refractivity contribution is 5.21. The van der Waals surface area contributed by atoms with Crippen molar-refractivity contribution >= 4 is 0 Å². The highest BCUT2D eigenvalue weighted by Crippen LogP contribution is 2.39. The maximum atomic E-state index is 9.79. The van der Waals surface area contributed by atoms with E-state index < -0.39 is 6.10 Å². The molecule has 0 aromatic heterocycles. The molecule has 0 bridgehead atoms. The topological polar surface area (TPSA) is 32.8 Å². The van der Waals surface area contributed by atoms with Gasteiger partial charge in [-0.15, -0.1) is 0 Å². The zero-order valence-electron chi connectivity index (χ0n) is 7.03. The molecule has 1 aromatic carbocycles. The van der Waals surface area contributed by atoms with Crippen molar-refractivity contribution in [3.8, 4) is 0 Å². The number of epoxide rings is 1. The molecule has 2 rings (SSSR count). The van der Waals surface area contributed by atoms with Crippen molar-refractivity contribution in [2.75, 3.05) is 6.61 Å². The van der Waals surface area contributed by atoms with Crippen LogP contribution in [-0.4, -0.2) is 17.3 Å². The van der Waals surface area contributed by atoms with Gasteiger partial charge in [-0.3, -0.25) is 0 Å². The first kappa shape index (κ1) is 7.77. The molecule has 1 fully saturated rings. The van der Waals surface area contributed by atoms with Crippen LogP contribution in [0.4, 0.5) is 0 Å². The van der Waals surface area contributed by atoms with Gasteiger partial charge in [0.15, 0.2) is 0 Å². The Balaban J connectivity index is 2.20. The summed E-state index contributed by atoms with van der Waals surface area (Å²) in [7, 11) is 0. The van der Waals surface area contributed by atoms with E-state index in [0.29, 0.717) is 6.61 Å². The van der Waals surface area contributed by atoms with E-state index in [1.807, 2.05) is 37.3 Å². The fraction of sp³-hybridized carbons (Fsp3) is 0.400. The highest BCUT2D eigenvalue weighted by atomic mass is 16.6. The zero-order chi connectivity index (χ0) is 8.60. The first-order valence-corrected chi connectivity index (χ1v) is 4.09. The monoisotopic (exact) mass is 164 g/mol. The van der Waals surface area contributed by atoms with Gasteiger partial charge in [-0.05, 0) is 12.5 Å². The summed E-state index contributed by atoms with van der Waals surface area (Å²) in [6.45, 7) is 2.58. The summed E-state index contributed by atoms with van der Waals surface area (Å²) in [4.78, 5) is 0. The van der Waals surface area contributed by atoms with Crippen LogP contribution in [0.5, 0.6) is 0 Å². The second-order valence-electron chi connectivity index (χ2n) is 3.41. The summed E-state index contributed by atoms with van der Waals surface area (Å²) in [6.07, 6.45) is -0.487. The van der Waals surface area contributed by atoms with E-state index in [1.54, 1.807) is 0 Å². The molecule has 64 valence electrons. The smallest absolute Gasteiger partial charge is 0.119 e. The number of rotatable bonds is 2. The van der Waals surface area contributed by atoms with Crippen LogP contribution in [-0.2, 0) is 4.74 Å². The minimum atomic E-state index is -0.487. The van der Waals surface area contributed by atoms with E-state index >= 15 is 0 Å². The van der Waals surface area contributed by atoms with Crippen molar-refractivity contribution in [3.05, 3.63) is 35.9 Å². The van der Waals surface area contributed by atoms with Crippen LogP contribution in [0.25, 0.3) is 0 Å². The van der Waals surface area contributed by atoms with Crippen LogP contribution in [0.1, 0.15) is 18.6 Å². The summed E-state index contributed by atoms with van der Waals surface area (Å²) in [5, 5.41) is 9.79. The molecule has 0 unspecified atom stereocenters. The fourth-order valence-electron chi connectivity index (χ4n) is 1.26. The minimum Gasteiger partial charge on any atom is -0.385 e. The molecule has 1 aliphatic rings. The van der Waals surface area contributed by atoms with Gasteiger partial charge >= 0.3 is 0 Å². The third kappa shape index (κ3) is 1.24. The number of ether oxygens (including phenoxy) is 1. The molecule has 1 aromatic rings. The molecule has 1 aliphatic heterocycles. The van der Waals surface area contributed by atoms with E-state index in [2.05, 4.69) is 0 Å². The third-order valence-electron chi connectivity index (χ3n) is 2.29. The van der Waals surface area contributed by atoms with Crippen molar-refractivity contribution in [2.45, 2.75) is 18.6 Å². The molecule has 1 saturated heterocycles. The SMILES string of the molecule is C[C@@]1([C@@H](O)c2ccccc2)CO1. The van der Waals surface area contributed by atoms with Crippen LogP contribution < -0.4 is 0 Å². The van der Waals surface area contributed by atoms with E-state index in [4.69, 9.17) is 4.74 Å². The van der Waals surface area contributed by atoms with E-state index in [9.17, 15) is 5.11 Å². The lowest BCUT2D eigenvalue weighted by atomic mass is 9.98. The first-order valence-electron chi connectivity index (χ1n) is 4.09. The quantitative estimate of drug-likeness (QED) is 0.672. The third-order valence-corrected chi connectivity index (χ3v) is 2.29. The Morgan fingerprint density at radius 3 is 2.50 bits per heavy atom. The molecular weight excluding hydrogens is 152 g/mol. The minimum absolute atomic E-state index is 0.332. The molecule has 0 saturated carbocycles. The summed E-state index contributed by atoms with van der Waals surface area (Å²) in [6, 6.07) is 9.61. The van der Waals surface area contributed by atoms with Gasteiger partial charge in [0.1, 0.15) is 11.7 Å². The van der Waals surface area contributed by atoms with Crippen molar-refractivity contribution in [1.29, 1.82) is 0 Å². The van der Waals surface area contributed by atoms with Gasteiger partial charge in [-0.25, -0.2) is 0 Å². The molecule has 1 N–H and O–H groups in total. The molecule has 0 amide bonds. The highest BCUT2D eigenvalue weighted by Gasteiger charge is 2.46. The molecule has 2 heteroatoms. The molecule has 2 nitrogen and oxygen atoms in total. The van der Waals surface area contributed by atoms with Crippen molar-refractivity contribution in [1.82, 2.24) is 0 Å². The number of aliphatic hydroxyl groups is 1. The van der Waals surface area contributed by atoms with Crippen LogP contribution >= 0.6 is 0 Å². The maximum absolute atomic E-state index is 9.79. The largest absolute Gasteiger partial charge is 0.385 e. The lowest BCUT2D eigenvalue weighted by Gasteiger charge is -2.14. The van der Waals surface area contributed by atoms with Crippen LogP contribution in [0.3, 0.4) is 0 Å². The number of aliphatic hydroxyl groups excluding tert-OH is 1. The number of benzene rings is 1. The Morgan fingerprint density at radius 2 is 2.00 bits per heavy atom. The predicted octanol–water partition coefficient (Wildman–Crippen LogP) is 1.51. The molecule has 1 heterocycles. The van der Waals surface area contributed by atoms with Gasteiger partial charge < -0.3 is 9.84 Å². The van der Waals surface area contributed by atoms with Crippen LogP contribution in [0.15, 0.2) is 30.3 Å². The van der Waals surface area contributed by atoms with Gasteiger partial charge in [-0.2, -0.15) is 0 Å². The Kier molecular flexibility index (Phi) is 1.67. The molecule has 0 radical (unpaired) electrons. The Bertz CT molecular complexity index is 264. The summed E-state index contributed by atoms with van der Waals surface area (Å²) in [5.74, 6) is 0. The van der Waals surface area contributed by atoms with E-state index in [0.717, 1.165) is 5.56 Å². The van der Waals surface area contributed by atoms with Crippen molar-refractivity contribution < 1.29 is 9.84 Å². The molecule has 0 spiro atoms. The van der Waals surface area contributed by atoms with Gasteiger partial charge in [0.05, 0.1) is 6.61 Å². The summed E-state index contributed by atoms with van der Waals surface area (Å²) < 4.78 is 5.16. The fourth-order valence-corrected chi connectivity index (χ4v) is 1.26. The van der Waals surface area contributed by atoms with Gasteiger partial charge in [0, 0.05) is 0 Å². The lowest BCUT2D eigenvalue weighted by Crippen LogP contribution is -2.17. The summed E-state index contributed by atoms with van der Waals surface area (Å²) >= 11 is 0. The molecule has 2 atom stereocenters. The van der Waals surface area contributed by atoms with Crippen LogP contribution in [0.2, 0.25) is 0 Å². The average Bonchev–Trinajstić information content (AvgIpc) is 2.85. The van der Waals surface area contributed by atoms with Crippen molar-refractivity contribution in [2.24, 2.45) is 0 Å².